The van der Waals surface area contributed by atoms with Crippen molar-refractivity contribution in [1.29, 1.82) is 0 Å². The molecule has 1 saturated carbocycles. The van der Waals surface area contributed by atoms with Crippen molar-refractivity contribution in [3.8, 4) is 5.88 Å². The third-order valence-electron chi connectivity index (χ3n) is 8.66. The first-order valence-electron chi connectivity index (χ1n) is 14.5. The molecule has 0 spiro atoms. The third kappa shape index (κ3) is 6.39. The van der Waals surface area contributed by atoms with E-state index in [4.69, 9.17) is 4.74 Å². The summed E-state index contributed by atoms with van der Waals surface area (Å²) in [7, 11) is -2.01. The molecule has 2 saturated heterocycles. The van der Waals surface area contributed by atoms with E-state index in [0.29, 0.717) is 53.0 Å². The number of amidine groups is 1. The van der Waals surface area contributed by atoms with Crippen LogP contribution in [0.2, 0.25) is 0 Å². The van der Waals surface area contributed by atoms with Gasteiger partial charge in [0.15, 0.2) is 0 Å². The fraction of sp³-hybridized carbons (Fsp3) is 0.567. The summed E-state index contributed by atoms with van der Waals surface area (Å²) >= 11 is 0. The summed E-state index contributed by atoms with van der Waals surface area (Å²) in [5.74, 6) is 0.970. The van der Waals surface area contributed by atoms with Gasteiger partial charge in [-0.3, -0.25) is 9.69 Å². The molecule has 1 aromatic heterocycles. The van der Waals surface area contributed by atoms with Crippen LogP contribution in [0.3, 0.4) is 0 Å². The van der Waals surface area contributed by atoms with Crippen LogP contribution in [-0.2, 0) is 14.8 Å². The molecule has 2 aromatic rings. The topological polar surface area (TPSA) is 104 Å². The van der Waals surface area contributed by atoms with Gasteiger partial charge in [0.25, 0.3) is 0 Å². The zero-order valence-corrected chi connectivity index (χ0v) is 24.6. The number of benzene rings is 1. The zero-order valence-electron chi connectivity index (χ0n) is 23.8. The summed E-state index contributed by atoms with van der Waals surface area (Å²) in [6.07, 6.45) is 7.54. The van der Waals surface area contributed by atoms with Crippen LogP contribution >= 0.6 is 0 Å². The Bertz CT molecular complexity index is 1340. The molecule has 2 unspecified atom stereocenters. The van der Waals surface area contributed by atoms with Crippen molar-refractivity contribution in [2.75, 3.05) is 33.3 Å². The number of fused-ring (bicyclic) bond motifs is 1. The van der Waals surface area contributed by atoms with E-state index in [-0.39, 0.29) is 11.8 Å². The van der Waals surface area contributed by atoms with Gasteiger partial charge in [0.2, 0.25) is 21.8 Å². The first-order valence-corrected chi connectivity index (χ1v) is 15.9. The second kappa shape index (κ2) is 12.4. The molecular weight excluding hydrogens is 526 g/mol. The first-order chi connectivity index (χ1) is 19.2. The van der Waals surface area contributed by atoms with Crippen LogP contribution in [0.5, 0.6) is 5.88 Å². The SMILES string of the molecule is COc1ccc(/N=C(\C)NC(=O)C(CC2CCCC2)c2ccc(S(=O)(=O)N3CCN4CCCC4C3)cc2)c(C)n1. The van der Waals surface area contributed by atoms with Gasteiger partial charge >= 0.3 is 0 Å². The Morgan fingerprint density at radius 3 is 2.52 bits per heavy atom. The molecule has 40 heavy (non-hydrogen) atoms. The first kappa shape index (κ1) is 28.7. The van der Waals surface area contributed by atoms with Crippen LogP contribution < -0.4 is 10.1 Å². The molecule has 1 amide bonds. The molecule has 2 atom stereocenters. The molecule has 3 aliphatic rings. The predicted octanol–water partition coefficient (Wildman–Crippen LogP) is 4.40. The Balaban J connectivity index is 1.32. The Kier molecular flexibility index (Phi) is 8.87. The van der Waals surface area contributed by atoms with Gasteiger partial charge in [-0.25, -0.2) is 18.4 Å². The van der Waals surface area contributed by atoms with Crippen LogP contribution in [-0.4, -0.2) is 73.7 Å². The number of hydrogen-bond donors (Lipinski definition) is 1. The molecular formula is C30H41N5O4S. The molecule has 1 aliphatic carbocycles. The fourth-order valence-corrected chi connectivity index (χ4v) is 7.88. The lowest BCUT2D eigenvalue weighted by Crippen LogP contribution is -2.51. The lowest BCUT2D eigenvalue weighted by Gasteiger charge is -2.36. The minimum Gasteiger partial charge on any atom is -0.481 e. The van der Waals surface area contributed by atoms with Gasteiger partial charge in [0.05, 0.1) is 29.3 Å². The van der Waals surface area contributed by atoms with E-state index in [0.717, 1.165) is 50.8 Å². The summed E-state index contributed by atoms with van der Waals surface area (Å²) < 4.78 is 33.7. The molecule has 3 fully saturated rings. The van der Waals surface area contributed by atoms with Gasteiger partial charge < -0.3 is 10.1 Å². The summed E-state index contributed by atoms with van der Waals surface area (Å²) in [4.78, 5) is 25.2. The monoisotopic (exact) mass is 567 g/mol. The van der Waals surface area contributed by atoms with Gasteiger partial charge in [0.1, 0.15) is 5.84 Å². The van der Waals surface area contributed by atoms with E-state index in [1.165, 1.54) is 12.8 Å². The molecule has 1 N–H and O–H groups in total. The largest absolute Gasteiger partial charge is 0.481 e. The lowest BCUT2D eigenvalue weighted by molar-refractivity contribution is -0.121. The number of aliphatic imine (C=N–C) groups is 1. The number of sulfonamides is 1. The quantitative estimate of drug-likeness (QED) is 0.375. The maximum Gasteiger partial charge on any atom is 0.243 e. The van der Waals surface area contributed by atoms with Crippen molar-refractivity contribution < 1.29 is 17.9 Å². The van der Waals surface area contributed by atoms with Crippen molar-refractivity contribution in [2.24, 2.45) is 10.9 Å². The predicted molar refractivity (Wildman–Crippen MR) is 156 cm³/mol. The zero-order chi connectivity index (χ0) is 28.3. The number of amides is 1. The number of ether oxygens (including phenoxy) is 1. The van der Waals surface area contributed by atoms with Crippen molar-refractivity contribution >= 4 is 27.5 Å². The molecule has 3 heterocycles. The van der Waals surface area contributed by atoms with Crippen LogP contribution in [0.4, 0.5) is 5.69 Å². The lowest BCUT2D eigenvalue weighted by atomic mass is 9.87. The molecule has 0 radical (unpaired) electrons. The van der Waals surface area contributed by atoms with Crippen LogP contribution in [0.1, 0.15) is 69.0 Å². The Morgan fingerprint density at radius 1 is 1.07 bits per heavy atom. The second-order valence-corrected chi connectivity index (χ2v) is 13.3. The Morgan fingerprint density at radius 2 is 1.82 bits per heavy atom. The van der Waals surface area contributed by atoms with Crippen LogP contribution in [0.25, 0.3) is 0 Å². The number of methoxy groups -OCH3 is 1. The third-order valence-corrected chi connectivity index (χ3v) is 10.5. The summed E-state index contributed by atoms with van der Waals surface area (Å²) in [6, 6.07) is 10.9. The number of piperazine rings is 1. The van der Waals surface area contributed by atoms with Gasteiger partial charge in [-0.15, -0.1) is 0 Å². The molecule has 10 heteroatoms. The number of carbonyl (C=O) groups is 1. The minimum atomic E-state index is -3.58. The van der Waals surface area contributed by atoms with E-state index in [2.05, 4.69) is 20.2 Å². The molecule has 0 bridgehead atoms. The molecule has 1 aromatic carbocycles. The number of aryl methyl sites for hydroxylation is 1. The molecule has 9 nitrogen and oxygen atoms in total. The number of aromatic nitrogens is 1. The smallest absolute Gasteiger partial charge is 0.243 e. The van der Waals surface area contributed by atoms with Crippen LogP contribution in [0.15, 0.2) is 46.3 Å². The summed E-state index contributed by atoms with van der Waals surface area (Å²) in [5, 5.41) is 3.00. The standard InChI is InChI=1S/C30H41N5O4S/c1-21-28(14-15-29(31-21)39-3)32-22(2)33-30(36)27(19-23-7-4-5-8-23)24-10-12-26(13-11-24)40(37,38)35-18-17-34-16-6-9-25(34)20-35/h10-15,23,25,27H,4-9,16-20H2,1-3H3,(H,32,33,36). The molecule has 2 aliphatic heterocycles. The Hall–Kier alpha value is -2.82. The maximum absolute atomic E-state index is 13.6. The highest BCUT2D eigenvalue weighted by atomic mass is 32.2. The highest BCUT2D eigenvalue weighted by Crippen LogP contribution is 2.35. The van der Waals surface area contributed by atoms with Crippen molar-refractivity contribution in [3.05, 3.63) is 47.7 Å². The van der Waals surface area contributed by atoms with Gasteiger partial charge in [0, 0.05) is 31.7 Å². The minimum absolute atomic E-state index is 0.125. The average Bonchev–Trinajstić information content (AvgIpc) is 3.64. The number of pyridine rings is 1. The molecule has 216 valence electrons. The number of rotatable bonds is 8. The highest BCUT2D eigenvalue weighted by molar-refractivity contribution is 7.89. The second-order valence-electron chi connectivity index (χ2n) is 11.3. The van der Waals surface area contributed by atoms with Gasteiger partial charge in [-0.1, -0.05) is 37.8 Å². The van der Waals surface area contributed by atoms with E-state index >= 15 is 0 Å². The summed E-state index contributed by atoms with van der Waals surface area (Å²) in [6.45, 7) is 6.56. The highest BCUT2D eigenvalue weighted by Gasteiger charge is 2.36. The van der Waals surface area contributed by atoms with E-state index in [9.17, 15) is 13.2 Å². The van der Waals surface area contributed by atoms with E-state index in [1.807, 2.05) is 25.1 Å². The van der Waals surface area contributed by atoms with Crippen molar-refractivity contribution in [3.63, 3.8) is 0 Å². The van der Waals surface area contributed by atoms with Crippen molar-refractivity contribution in [1.82, 2.24) is 19.5 Å². The summed E-state index contributed by atoms with van der Waals surface area (Å²) in [5.41, 5.74) is 2.21. The number of hydrogen-bond acceptors (Lipinski definition) is 7. The van der Waals surface area contributed by atoms with Crippen LogP contribution in [0, 0.1) is 12.8 Å². The van der Waals surface area contributed by atoms with Gasteiger partial charge in [-0.2, -0.15) is 4.31 Å². The molecule has 5 rings (SSSR count). The number of nitrogens with zero attached hydrogens (tertiary/aromatic N) is 4. The van der Waals surface area contributed by atoms with Gasteiger partial charge in [-0.05, 0) is 69.3 Å². The average molecular weight is 568 g/mol. The Labute approximate surface area is 238 Å². The normalized spacial score (nSPS) is 21.8. The van der Waals surface area contributed by atoms with E-state index in [1.54, 1.807) is 36.5 Å². The maximum atomic E-state index is 13.6. The van der Waals surface area contributed by atoms with E-state index < -0.39 is 10.0 Å². The fourth-order valence-electron chi connectivity index (χ4n) is 6.41. The number of carbonyl (C=O) groups excluding carboxylic acids is 1. The van der Waals surface area contributed by atoms with Crippen molar-refractivity contribution in [2.45, 2.75) is 75.6 Å². The number of nitrogens with one attached hydrogen (secondary N) is 1.